The highest BCUT2D eigenvalue weighted by Gasteiger charge is 2.12. The van der Waals surface area contributed by atoms with Crippen molar-refractivity contribution in [2.45, 2.75) is 6.61 Å². The Labute approximate surface area is 108 Å². The zero-order chi connectivity index (χ0) is 13.4. The number of aliphatic hydroxyl groups is 1. The Morgan fingerprint density at radius 2 is 1.89 bits per heavy atom. The lowest BCUT2D eigenvalue weighted by Gasteiger charge is -2.10. The van der Waals surface area contributed by atoms with E-state index < -0.39 is 5.63 Å². The molecular formula is C15H12O4. The summed E-state index contributed by atoms with van der Waals surface area (Å²) in [4.78, 5) is 11.6. The van der Waals surface area contributed by atoms with Crippen LogP contribution in [0.1, 0.15) is 5.56 Å². The lowest BCUT2D eigenvalue weighted by molar-refractivity contribution is 0.282. The Bertz CT molecular complexity index is 817. The molecule has 1 heterocycles. The lowest BCUT2D eigenvalue weighted by atomic mass is 10.0. The third-order valence-electron chi connectivity index (χ3n) is 3.19. The Morgan fingerprint density at radius 3 is 2.58 bits per heavy atom. The van der Waals surface area contributed by atoms with E-state index in [0.717, 1.165) is 10.8 Å². The maximum atomic E-state index is 11.6. The molecule has 19 heavy (non-hydrogen) atoms. The van der Waals surface area contributed by atoms with E-state index in [2.05, 4.69) is 0 Å². The summed E-state index contributed by atoms with van der Waals surface area (Å²) in [6, 6.07) is 10.6. The van der Waals surface area contributed by atoms with Gasteiger partial charge < -0.3 is 14.3 Å². The molecule has 0 radical (unpaired) electrons. The Kier molecular flexibility index (Phi) is 2.72. The van der Waals surface area contributed by atoms with Crippen molar-refractivity contribution in [3.05, 3.63) is 52.4 Å². The number of methoxy groups -OCH3 is 1. The molecule has 0 amide bonds. The van der Waals surface area contributed by atoms with E-state index in [9.17, 15) is 9.90 Å². The highest BCUT2D eigenvalue weighted by atomic mass is 16.5. The van der Waals surface area contributed by atoms with E-state index in [1.165, 1.54) is 6.07 Å². The largest absolute Gasteiger partial charge is 0.496 e. The van der Waals surface area contributed by atoms with Gasteiger partial charge in [-0.1, -0.05) is 24.3 Å². The highest BCUT2D eigenvalue weighted by molar-refractivity contribution is 6.08. The fraction of sp³-hybridized carbons (Fsp3) is 0.133. The van der Waals surface area contributed by atoms with Crippen LogP contribution < -0.4 is 10.4 Å². The molecule has 0 unspecified atom stereocenters. The number of aliphatic hydroxyl groups excluding tert-OH is 1. The standard InChI is InChI=1S/C15H12O4/c1-18-13-7-12-9(8-16)6-14(17)19-15(12)11-5-3-2-4-10(11)13/h2-7,16H,8H2,1H3. The fourth-order valence-corrected chi connectivity index (χ4v) is 2.31. The first-order valence-corrected chi connectivity index (χ1v) is 5.88. The molecule has 0 saturated heterocycles. The molecule has 0 aliphatic heterocycles. The van der Waals surface area contributed by atoms with E-state index >= 15 is 0 Å². The molecule has 0 fully saturated rings. The summed E-state index contributed by atoms with van der Waals surface area (Å²) in [5.74, 6) is 0.687. The normalized spacial score (nSPS) is 11.1. The van der Waals surface area contributed by atoms with E-state index in [-0.39, 0.29) is 6.61 Å². The van der Waals surface area contributed by atoms with E-state index in [1.807, 2.05) is 24.3 Å². The Hall–Kier alpha value is -2.33. The molecule has 0 bridgehead atoms. The highest BCUT2D eigenvalue weighted by Crippen LogP contribution is 2.33. The van der Waals surface area contributed by atoms with Crippen molar-refractivity contribution >= 4 is 21.7 Å². The number of hydrogen-bond donors (Lipinski definition) is 1. The zero-order valence-corrected chi connectivity index (χ0v) is 10.3. The van der Waals surface area contributed by atoms with Gasteiger partial charge in [-0.15, -0.1) is 0 Å². The number of fused-ring (bicyclic) bond motifs is 3. The monoisotopic (exact) mass is 256 g/mol. The number of rotatable bonds is 2. The van der Waals surface area contributed by atoms with Gasteiger partial charge in [0.1, 0.15) is 11.3 Å². The Morgan fingerprint density at radius 1 is 1.16 bits per heavy atom. The van der Waals surface area contributed by atoms with Gasteiger partial charge in [0.15, 0.2) is 0 Å². The van der Waals surface area contributed by atoms with Crippen LogP contribution in [0, 0.1) is 0 Å². The van der Waals surface area contributed by atoms with Crippen molar-refractivity contribution in [1.82, 2.24) is 0 Å². The lowest BCUT2D eigenvalue weighted by Crippen LogP contribution is -2.01. The molecule has 0 aliphatic rings. The minimum Gasteiger partial charge on any atom is -0.496 e. The molecule has 1 aromatic heterocycles. The third-order valence-corrected chi connectivity index (χ3v) is 3.19. The average Bonchev–Trinajstić information content (AvgIpc) is 2.45. The summed E-state index contributed by atoms with van der Waals surface area (Å²) < 4.78 is 10.7. The summed E-state index contributed by atoms with van der Waals surface area (Å²) in [5.41, 5.74) is 0.551. The van der Waals surface area contributed by atoms with Crippen LogP contribution >= 0.6 is 0 Å². The molecule has 0 spiro atoms. The van der Waals surface area contributed by atoms with Crippen molar-refractivity contribution in [1.29, 1.82) is 0 Å². The van der Waals surface area contributed by atoms with E-state index in [1.54, 1.807) is 13.2 Å². The number of ether oxygens (including phenoxy) is 1. The minimum atomic E-state index is -0.466. The van der Waals surface area contributed by atoms with Crippen molar-refractivity contribution in [2.75, 3.05) is 7.11 Å². The molecule has 1 N–H and O–H groups in total. The van der Waals surface area contributed by atoms with Crippen molar-refractivity contribution in [3.63, 3.8) is 0 Å². The summed E-state index contributed by atoms with van der Waals surface area (Å²) in [6.45, 7) is -0.219. The van der Waals surface area contributed by atoms with Gasteiger partial charge >= 0.3 is 5.63 Å². The number of benzene rings is 2. The number of hydrogen-bond acceptors (Lipinski definition) is 4. The molecule has 3 aromatic rings. The molecule has 0 saturated carbocycles. The van der Waals surface area contributed by atoms with Crippen LogP contribution in [0.4, 0.5) is 0 Å². The van der Waals surface area contributed by atoms with Crippen molar-refractivity contribution in [2.24, 2.45) is 0 Å². The van der Waals surface area contributed by atoms with Gasteiger partial charge in [-0.2, -0.15) is 0 Å². The predicted molar refractivity (Wildman–Crippen MR) is 72.5 cm³/mol. The van der Waals surface area contributed by atoms with Gasteiger partial charge in [0.2, 0.25) is 0 Å². The first kappa shape index (κ1) is 11.7. The molecular weight excluding hydrogens is 244 g/mol. The Balaban J connectivity index is 2.59. The molecule has 96 valence electrons. The zero-order valence-electron chi connectivity index (χ0n) is 10.3. The molecule has 3 rings (SSSR count). The van der Waals surface area contributed by atoms with Gasteiger partial charge in [-0.05, 0) is 11.6 Å². The van der Waals surface area contributed by atoms with Crippen molar-refractivity contribution < 1.29 is 14.3 Å². The molecule has 4 nitrogen and oxygen atoms in total. The smallest absolute Gasteiger partial charge is 0.336 e. The van der Waals surface area contributed by atoms with Gasteiger partial charge in [-0.3, -0.25) is 0 Å². The van der Waals surface area contributed by atoms with Crippen LogP contribution in [-0.4, -0.2) is 12.2 Å². The molecule has 2 aromatic carbocycles. The maximum Gasteiger partial charge on any atom is 0.336 e. The third kappa shape index (κ3) is 1.77. The summed E-state index contributed by atoms with van der Waals surface area (Å²) in [6.07, 6.45) is 0. The second kappa shape index (κ2) is 4.40. The van der Waals surface area contributed by atoms with Gasteiger partial charge in [0, 0.05) is 22.2 Å². The summed E-state index contributed by atoms with van der Waals surface area (Å²) >= 11 is 0. The summed E-state index contributed by atoms with van der Waals surface area (Å²) in [5, 5.41) is 11.7. The molecule has 4 heteroatoms. The van der Waals surface area contributed by atoms with Gasteiger partial charge in [0.25, 0.3) is 0 Å². The maximum absolute atomic E-state index is 11.6. The van der Waals surface area contributed by atoms with Crippen molar-refractivity contribution in [3.8, 4) is 5.75 Å². The van der Waals surface area contributed by atoms with Gasteiger partial charge in [0.05, 0.1) is 13.7 Å². The van der Waals surface area contributed by atoms with E-state index in [0.29, 0.717) is 22.3 Å². The van der Waals surface area contributed by atoms with Crippen LogP contribution in [0.3, 0.4) is 0 Å². The average molecular weight is 256 g/mol. The SMILES string of the molecule is COc1cc2c(CO)cc(=O)oc2c2ccccc12. The first-order valence-electron chi connectivity index (χ1n) is 5.88. The molecule has 0 aliphatic carbocycles. The summed E-state index contributed by atoms with van der Waals surface area (Å²) in [7, 11) is 1.59. The van der Waals surface area contributed by atoms with Crippen LogP contribution in [0.25, 0.3) is 21.7 Å². The minimum absolute atomic E-state index is 0.219. The topological polar surface area (TPSA) is 59.7 Å². The van der Waals surface area contributed by atoms with Crippen LogP contribution in [-0.2, 0) is 6.61 Å². The fourth-order valence-electron chi connectivity index (χ4n) is 2.31. The van der Waals surface area contributed by atoms with E-state index in [4.69, 9.17) is 9.15 Å². The predicted octanol–water partition coefficient (Wildman–Crippen LogP) is 2.45. The van der Waals surface area contributed by atoms with Gasteiger partial charge in [-0.25, -0.2) is 4.79 Å². The second-order valence-corrected chi connectivity index (χ2v) is 4.25. The van der Waals surface area contributed by atoms with Crippen LogP contribution in [0.2, 0.25) is 0 Å². The molecule has 0 atom stereocenters. The van der Waals surface area contributed by atoms with Crippen LogP contribution in [0.5, 0.6) is 5.75 Å². The quantitative estimate of drug-likeness (QED) is 0.565. The van der Waals surface area contributed by atoms with Crippen LogP contribution in [0.15, 0.2) is 45.6 Å². The first-order chi connectivity index (χ1) is 9.24. The second-order valence-electron chi connectivity index (χ2n) is 4.25.